The van der Waals surface area contributed by atoms with Crippen molar-refractivity contribution in [1.29, 1.82) is 0 Å². The van der Waals surface area contributed by atoms with Crippen LogP contribution in [0.15, 0.2) is 32.5 Å². The van der Waals surface area contributed by atoms with Crippen LogP contribution in [0.2, 0.25) is 10.0 Å². The van der Waals surface area contributed by atoms with Gasteiger partial charge in [-0.3, -0.25) is 9.32 Å². The molecular formula is C13H14Cl2N3O3S+. The zero-order chi connectivity index (χ0) is 16.3. The number of aromatic nitrogens is 2. The van der Waals surface area contributed by atoms with Crippen LogP contribution in [0, 0.1) is 0 Å². The lowest BCUT2D eigenvalue weighted by Crippen LogP contribution is -2.35. The lowest BCUT2D eigenvalue weighted by atomic mass is 10.2. The summed E-state index contributed by atoms with van der Waals surface area (Å²) in [6.07, 6.45) is 0.544. The molecule has 0 bridgehead atoms. The van der Waals surface area contributed by atoms with Crippen LogP contribution in [0.25, 0.3) is 0 Å². The summed E-state index contributed by atoms with van der Waals surface area (Å²) in [5, 5.41) is 5.83. The Balaban J connectivity index is 2.12. The van der Waals surface area contributed by atoms with Gasteiger partial charge < -0.3 is 5.32 Å². The van der Waals surface area contributed by atoms with Crippen molar-refractivity contribution >= 4 is 46.6 Å². The number of hydrogen-bond donors (Lipinski definition) is 2. The lowest BCUT2D eigenvalue weighted by Gasteiger charge is -2.12. The summed E-state index contributed by atoms with van der Waals surface area (Å²) in [5.74, 6) is -0.230. The third-order valence-corrected chi connectivity index (χ3v) is 5.09. The van der Waals surface area contributed by atoms with Gasteiger partial charge in [0.25, 0.3) is 0 Å². The Morgan fingerprint density at radius 2 is 2.18 bits per heavy atom. The number of nitrogens with one attached hydrogen (secondary N) is 2. The van der Waals surface area contributed by atoms with E-state index < -0.39 is 10.9 Å². The summed E-state index contributed by atoms with van der Waals surface area (Å²) in [4.78, 5) is 23.9. The molecule has 0 radical (unpaired) electrons. The minimum atomic E-state index is -0.506. The minimum absolute atomic E-state index is 0.230. The number of thioether (sulfide) groups is 1. The Morgan fingerprint density at radius 3 is 2.73 bits per heavy atom. The summed E-state index contributed by atoms with van der Waals surface area (Å²) >= 11 is 12.9. The minimum Gasteiger partial charge on any atom is -0.325 e. The molecule has 6 nitrogen and oxygen atoms in total. The molecule has 0 aliphatic carbocycles. The smallest absolute Gasteiger partial charge is 0.325 e. The number of carbonyl (C=O) groups excluding carboxylic acids is 1. The highest BCUT2D eigenvalue weighted by Gasteiger charge is 2.27. The summed E-state index contributed by atoms with van der Waals surface area (Å²) in [6.45, 7) is 1.86. The van der Waals surface area contributed by atoms with Gasteiger partial charge in [-0.15, -0.1) is 0 Å². The van der Waals surface area contributed by atoms with Crippen LogP contribution >= 0.6 is 35.0 Å². The fourth-order valence-corrected chi connectivity index (χ4v) is 2.95. The topological polar surface area (TPSA) is 79.0 Å². The molecule has 0 aliphatic rings. The summed E-state index contributed by atoms with van der Waals surface area (Å²) < 4.78 is 6.10. The van der Waals surface area contributed by atoms with Crippen molar-refractivity contribution in [2.24, 2.45) is 7.05 Å². The molecule has 2 rings (SSSR count). The van der Waals surface area contributed by atoms with Gasteiger partial charge in [0.2, 0.25) is 5.91 Å². The molecule has 118 valence electrons. The van der Waals surface area contributed by atoms with Gasteiger partial charge in [-0.25, -0.2) is 4.79 Å². The second-order valence-electron chi connectivity index (χ2n) is 4.48. The molecule has 1 aromatic carbocycles. The average Bonchev–Trinajstić information content (AvgIpc) is 2.79. The Bertz CT molecular complexity index is 744. The van der Waals surface area contributed by atoms with Crippen molar-refractivity contribution in [3.8, 4) is 0 Å². The summed E-state index contributed by atoms with van der Waals surface area (Å²) in [5.41, 5.74) is 0.0391. The quantitative estimate of drug-likeness (QED) is 0.632. The molecule has 2 aromatic rings. The van der Waals surface area contributed by atoms with Gasteiger partial charge in [-0.2, -0.15) is 0 Å². The number of halogens is 2. The van der Waals surface area contributed by atoms with Crippen LogP contribution in [0.3, 0.4) is 0 Å². The molecular weight excluding hydrogens is 349 g/mol. The van der Waals surface area contributed by atoms with E-state index in [1.807, 2.05) is 6.92 Å². The van der Waals surface area contributed by atoms with E-state index in [2.05, 4.69) is 15.1 Å². The first-order valence-electron chi connectivity index (χ1n) is 6.42. The van der Waals surface area contributed by atoms with Crippen molar-refractivity contribution in [3.63, 3.8) is 0 Å². The molecule has 0 spiro atoms. The van der Waals surface area contributed by atoms with Crippen LogP contribution in [0.5, 0.6) is 0 Å². The van der Waals surface area contributed by atoms with E-state index in [1.165, 1.54) is 4.68 Å². The first kappa shape index (κ1) is 16.9. The van der Waals surface area contributed by atoms with Crippen molar-refractivity contribution in [1.82, 2.24) is 5.27 Å². The van der Waals surface area contributed by atoms with Crippen LogP contribution in [0.1, 0.15) is 13.3 Å². The molecule has 0 saturated carbocycles. The standard InChI is InChI=1S/C13H13Cl2N3O3S/c1-3-10(22-12-13(20)21-17-18(12)2)11(19)16-7-4-5-8(14)9(15)6-7/h4-6,10H,3H2,1-2H3,(H-,16,17,19,20)/p+1. The third kappa shape index (κ3) is 3.85. The van der Waals surface area contributed by atoms with Crippen molar-refractivity contribution in [3.05, 3.63) is 38.7 Å². The van der Waals surface area contributed by atoms with E-state index in [0.29, 0.717) is 27.2 Å². The van der Waals surface area contributed by atoms with Gasteiger partial charge in [-0.05, 0) is 41.7 Å². The van der Waals surface area contributed by atoms with Crippen molar-refractivity contribution < 1.29 is 14.0 Å². The molecule has 1 amide bonds. The van der Waals surface area contributed by atoms with Crippen molar-refractivity contribution in [2.45, 2.75) is 23.6 Å². The number of H-pyrrole nitrogens is 1. The maximum atomic E-state index is 12.3. The number of carbonyl (C=O) groups is 1. The van der Waals surface area contributed by atoms with Gasteiger partial charge in [0.15, 0.2) is 7.05 Å². The molecule has 1 unspecified atom stereocenters. The van der Waals surface area contributed by atoms with Crippen LogP contribution in [-0.2, 0) is 11.8 Å². The maximum absolute atomic E-state index is 12.3. The molecule has 0 saturated heterocycles. The van der Waals surface area contributed by atoms with Crippen LogP contribution < -0.4 is 15.6 Å². The predicted octanol–water partition coefficient (Wildman–Crippen LogP) is 2.61. The van der Waals surface area contributed by atoms with Gasteiger partial charge in [0.1, 0.15) is 0 Å². The third-order valence-electron chi connectivity index (χ3n) is 2.86. The number of anilines is 1. The molecule has 1 aromatic heterocycles. The largest absolute Gasteiger partial charge is 0.441 e. The molecule has 0 aliphatic heterocycles. The molecule has 0 fully saturated rings. The molecule has 1 atom stereocenters. The zero-order valence-corrected chi connectivity index (χ0v) is 14.2. The summed E-state index contributed by atoms with van der Waals surface area (Å²) in [7, 11) is 1.64. The number of aromatic amines is 1. The fraction of sp³-hybridized carbons (Fsp3) is 0.308. The molecule has 9 heteroatoms. The Labute approximate surface area is 140 Å². The number of aryl methyl sites for hydroxylation is 1. The number of amides is 1. The lowest BCUT2D eigenvalue weighted by molar-refractivity contribution is -0.772. The van der Waals surface area contributed by atoms with E-state index in [0.717, 1.165) is 11.8 Å². The van der Waals surface area contributed by atoms with E-state index in [4.69, 9.17) is 23.2 Å². The second kappa shape index (κ2) is 7.21. The van der Waals surface area contributed by atoms with Crippen LogP contribution in [-0.4, -0.2) is 16.4 Å². The van der Waals surface area contributed by atoms with E-state index in [-0.39, 0.29) is 5.91 Å². The van der Waals surface area contributed by atoms with E-state index in [9.17, 15) is 9.59 Å². The highest BCUT2D eigenvalue weighted by atomic mass is 35.5. The molecule has 1 heterocycles. The Hall–Kier alpha value is -1.44. The first-order valence-corrected chi connectivity index (χ1v) is 8.06. The number of benzene rings is 1. The highest BCUT2D eigenvalue weighted by molar-refractivity contribution is 8.00. The van der Waals surface area contributed by atoms with Gasteiger partial charge in [0, 0.05) is 5.69 Å². The average molecular weight is 363 g/mol. The normalized spacial score (nSPS) is 12.2. The fourth-order valence-electron chi connectivity index (χ4n) is 1.71. The zero-order valence-electron chi connectivity index (χ0n) is 11.9. The SMILES string of the molecule is CCC(Sc1c(=O)o[nH][n+]1C)C(=O)Nc1ccc(Cl)c(Cl)c1. The van der Waals surface area contributed by atoms with Gasteiger partial charge >= 0.3 is 10.7 Å². The number of hydrogen-bond acceptors (Lipinski definition) is 4. The predicted molar refractivity (Wildman–Crippen MR) is 85.5 cm³/mol. The Kier molecular flexibility index (Phi) is 5.55. The number of nitrogens with zero attached hydrogens (tertiary/aromatic N) is 1. The second-order valence-corrected chi connectivity index (χ2v) is 6.48. The first-order chi connectivity index (χ1) is 10.4. The van der Waals surface area contributed by atoms with Gasteiger partial charge in [-0.1, -0.05) is 34.8 Å². The maximum Gasteiger partial charge on any atom is 0.441 e. The van der Waals surface area contributed by atoms with Crippen molar-refractivity contribution in [2.75, 3.05) is 5.32 Å². The van der Waals surface area contributed by atoms with Crippen LogP contribution in [0.4, 0.5) is 5.69 Å². The Morgan fingerprint density at radius 1 is 1.45 bits per heavy atom. The van der Waals surface area contributed by atoms with Gasteiger partial charge in [0.05, 0.1) is 15.3 Å². The van der Waals surface area contributed by atoms with E-state index >= 15 is 0 Å². The van der Waals surface area contributed by atoms with E-state index in [1.54, 1.807) is 25.2 Å². The molecule has 2 N–H and O–H groups in total. The highest BCUT2D eigenvalue weighted by Crippen LogP contribution is 2.26. The number of rotatable bonds is 5. The molecule has 22 heavy (non-hydrogen) atoms. The monoisotopic (exact) mass is 362 g/mol. The summed E-state index contributed by atoms with van der Waals surface area (Å²) in [6, 6.07) is 4.84.